The van der Waals surface area contributed by atoms with Gasteiger partial charge in [-0.25, -0.2) is 0 Å². The summed E-state index contributed by atoms with van der Waals surface area (Å²) in [4.78, 5) is 39.9. The van der Waals surface area contributed by atoms with Gasteiger partial charge in [-0.15, -0.1) is 0 Å². The molecular weight excluding hydrogens is 610 g/mol. The Hall–Kier alpha value is -1.71. The number of hydrogen-bond donors (Lipinski definition) is 1. The van der Waals surface area contributed by atoms with E-state index >= 15 is 0 Å². The van der Waals surface area contributed by atoms with E-state index in [2.05, 4.69) is 13.8 Å². The first-order valence-electron chi connectivity index (χ1n) is 19.8. The Morgan fingerprint density at radius 3 is 1.33 bits per heavy atom. The summed E-state index contributed by atoms with van der Waals surface area (Å²) in [6, 6.07) is 0. The molecule has 1 unspecified atom stereocenters. The number of ether oxygens (including phenoxy) is 4. The molecule has 1 saturated heterocycles. The second kappa shape index (κ2) is 30.1. The summed E-state index contributed by atoms with van der Waals surface area (Å²) >= 11 is 0. The molecule has 0 bridgehead atoms. The summed E-state index contributed by atoms with van der Waals surface area (Å²) in [6.07, 6.45) is 22.7. The molecule has 0 spiro atoms. The lowest BCUT2D eigenvalue weighted by atomic mass is 10.1. The van der Waals surface area contributed by atoms with Crippen LogP contribution in [0.25, 0.3) is 0 Å². The molecule has 1 heterocycles. The summed E-state index contributed by atoms with van der Waals surface area (Å²) < 4.78 is 22.4. The first-order chi connectivity index (χ1) is 23.3. The first-order valence-corrected chi connectivity index (χ1v) is 19.8. The number of rotatable bonds is 32. The van der Waals surface area contributed by atoms with Crippen molar-refractivity contribution in [3.8, 4) is 0 Å². The maximum atomic E-state index is 12.9. The predicted octanol–water partition coefficient (Wildman–Crippen LogP) is 8.81. The standard InChI is InChI=1S/C39H73NO8/c1-5-7-9-11-13-15-17-19-21-23-25-28-35(42)47-37-33(32-45-34(41)30-27-31-40(3)4)46-39(44)38(37)48-36(43)29-26-24-22-20-18-16-14-12-10-8-6-2/h33,37-39,44H,5-32H2,1-4H3/t33-,37+,38?,39-/m1/s1. The molecule has 0 aromatic heterocycles. The van der Waals surface area contributed by atoms with Crippen LogP contribution in [0.1, 0.15) is 181 Å². The van der Waals surface area contributed by atoms with Gasteiger partial charge in [0.05, 0.1) is 0 Å². The number of carbonyl (C=O) groups excluding carboxylic acids is 3. The van der Waals surface area contributed by atoms with Gasteiger partial charge in [0, 0.05) is 19.3 Å². The van der Waals surface area contributed by atoms with Crippen molar-refractivity contribution >= 4 is 17.9 Å². The average molecular weight is 684 g/mol. The van der Waals surface area contributed by atoms with Crippen LogP contribution in [0.5, 0.6) is 0 Å². The monoisotopic (exact) mass is 684 g/mol. The van der Waals surface area contributed by atoms with Crippen LogP contribution in [0.15, 0.2) is 0 Å². The van der Waals surface area contributed by atoms with E-state index in [1.807, 2.05) is 19.0 Å². The van der Waals surface area contributed by atoms with E-state index < -0.39 is 42.5 Å². The zero-order valence-corrected chi connectivity index (χ0v) is 31.4. The van der Waals surface area contributed by atoms with E-state index in [1.165, 1.54) is 103 Å². The fourth-order valence-electron chi connectivity index (χ4n) is 6.19. The van der Waals surface area contributed by atoms with E-state index in [4.69, 9.17) is 18.9 Å². The fraction of sp³-hybridized carbons (Fsp3) is 0.923. The number of esters is 3. The van der Waals surface area contributed by atoms with E-state index in [9.17, 15) is 19.5 Å². The third kappa shape index (κ3) is 23.6. The topological polar surface area (TPSA) is 112 Å². The van der Waals surface area contributed by atoms with Crippen molar-refractivity contribution < 1.29 is 38.4 Å². The molecule has 9 nitrogen and oxygen atoms in total. The number of carbonyl (C=O) groups is 3. The van der Waals surface area contributed by atoms with Crippen molar-refractivity contribution in [2.45, 2.75) is 205 Å². The minimum atomic E-state index is -1.47. The average Bonchev–Trinajstić information content (AvgIpc) is 3.33. The van der Waals surface area contributed by atoms with Crippen LogP contribution in [0.2, 0.25) is 0 Å². The van der Waals surface area contributed by atoms with Gasteiger partial charge < -0.3 is 29.0 Å². The van der Waals surface area contributed by atoms with Crippen LogP contribution >= 0.6 is 0 Å². The smallest absolute Gasteiger partial charge is 0.306 e. The highest BCUT2D eigenvalue weighted by molar-refractivity contribution is 5.71. The van der Waals surface area contributed by atoms with Crippen molar-refractivity contribution in [2.75, 3.05) is 27.2 Å². The lowest BCUT2D eigenvalue weighted by molar-refractivity contribution is -0.177. The molecule has 1 fully saturated rings. The Bertz CT molecular complexity index is 807. The normalized spacial score (nSPS) is 19.1. The van der Waals surface area contributed by atoms with Crippen molar-refractivity contribution in [2.24, 2.45) is 0 Å². The van der Waals surface area contributed by atoms with E-state index in [1.54, 1.807) is 0 Å². The van der Waals surface area contributed by atoms with Crippen molar-refractivity contribution in [3.63, 3.8) is 0 Å². The van der Waals surface area contributed by atoms with Crippen LogP contribution in [-0.2, 0) is 33.3 Å². The molecular formula is C39H73NO8. The van der Waals surface area contributed by atoms with Crippen LogP contribution in [0, 0.1) is 0 Å². The van der Waals surface area contributed by atoms with Crippen molar-refractivity contribution in [3.05, 3.63) is 0 Å². The summed E-state index contributed by atoms with van der Waals surface area (Å²) in [5.41, 5.74) is 0. The van der Waals surface area contributed by atoms with E-state index in [0.29, 0.717) is 19.3 Å². The molecule has 0 radical (unpaired) electrons. The molecule has 0 saturated carbocycles. The maximum Gasteiger partial charge on any atom is 0.306 e. The van der Waals surface area contributed by atoms with Crippen LogP contribution in [0.3, 0.4) is 0 Å². The third-order valence-corrected chi connectivity index (χ3v) is 9.18. The molecule has 0 aliphatic carbocycles. The summed E-state index contributed by atoms with van der Waals surface area (Å²) in [6.45, 7) is 5.03. The molecule has 48 heavy (non-hydrogen) atoms. The van der Waals surface area contributed by atoms with Gasteiger partial charge in [0.1, 0.15) is 12.7 Å². The van der Waals surface area contributed by atoms with Crippen molar-refractivity contribution in [1.82, 2.24) is 4.90 Å². The Labute approximate surface area is 293 Å². The van der Waals surface area contributed by atoms with Crippen LogP contribution in [0.4, 0.5) is 0 Å². The highest BCUT2D eigenvalue weighted by Gasteiger charge is 2.49. The number of aliphatic hydroxyl groups excluding tert-OH is 1. The van der Waals surface area contributed by atoms with Gasteiger partial charge in [-0.05, 0) is 39.9 Å². The van der Waals surface area contributed by atoms with Gasteiger partial charge in [0.25, 0.3) is 0 Å². The lowest BCUT2D eigenvalue weighted by Crippen LogP contribution is -2.42. The Morgan fingerprint density at radius 1 is 0.542 bits per heavy atom. The number of unbranched alkanes of at least 4 members (excludes halogenated alkanes) is 20. The summed E-state index contributed by atoms with van der Waals surface area (Å²) in [7, 11) is 3.88. The predicted molar refractivity (Wildman–Crippen MR) is 192 cm³/mol. The van der Waals surface area contributed by atoms with Gasteiger partial charge in [-0.1, -0.05) is 142 Å². The number of nitrogens with zero attached hydrogens (tertiary/aromatic N) is 1. The van der Waals surface area contributed by atoms with Crippen LogP contribution in [-0.4, -0.2) is 79.8 Å². The summed E-state index contributed by atoms with van der Waals surface area (Å²) in [5, 5.41) is 10.7. The number of hydrogen-bond acceptors (Lipinski definition) is 9. The summed E-state index contributed by atoms with van der Waals surface area (Å²) in [5.74, 6) is -1.27. The molecule has 282 valence electrons. The van der Waals surface area contributed by atoms with Gasteiger partial charge in [-0.2, -0.15) is 0 Å². The minimum Gasteiger partial charge on any atom is -0.463 e. The highest BCUT2D eigenvalue weighted by Crippen LogP contribution is 2.27. The van der Waals surface area contributed by atoms with Crippen molar-refractivity contribution in [1.29, 1.82) is 0 Å². The lowest BCUT2D eigenvalue weighted by Gasteiger charge is -2.23. The molecule has 1 aliphatic heterocycles. The molecule has 1 rings (SSSR count). The Morgan fingerprint density at radius 2 is 0.917 bits per heavy atom. The molecule has 4 atom stereocenters. The minimum absolute atomic E-state index is 0.194. The quantitative estimate of drug-likeness (QED) is 0.0422. The molecule has 0 aromatic rings. The van der Waals surface area contributed by atoms with E-state index in [-0.39, 0.29) is 25.9 Å². The van der Waals surface area contributed by atoms with Crippen LogP contribution < -0.4 is 0 Å². The molecule has 0 amide bonds. The zero-order valence-electron chi connectivity index (χ0n) is 31.4. The van der Waals surface area contributed by atoms with Gasteiger partial charge in [0.15, 0.2) is 18.5 Å². The Balaban J connectivity index is 2.49. The Kier molecular flexibility index (Phi) is 27.8. The van der Waals surface area contributed by atoms with Gasteiger partial charge >= 0.3 is 17.9 Å². The largest absolute Gasteiger partial charge is 0.463 e. The zero-order chi connectivity index (χ0) is 35.2. The van der Waals surface area contributed by atoms with Gasteiger partial charge in [-0.3, -0.25) is 14.4 Å². The fourth-order valence-corrected chi connectivity index (χ4v) is 6.19. The second-order valence-corrected chi connectivity index (χ2v) is 14.1. The second-order valence-electron chi connectivity index (χ2n) is 14.1. The molecule has 1 N–H and O–H groups in total. The number of aliphatic hydroxyl groups is 1. The maximum absolute atomic E-state index is 12.9. The third-order valence-electron chi connectivity index (χ3n) is 9.18. The molecule has 9 heteroatoms. The molecule has 1 aliphatic rings. The van der Waals surface area contributed by atoms with E-state index in [0.717, 1.165) is 32.2 Å². The SMILES string of the molecule is CCCCCCCCCCCCCC(=O)OC1[C@H](O)O[C@H](COC(=O)CCCN(C)C)[C@@H]1OC(=O)CCCCCCCCCCCCC. The molecule has 0 aromatic carbocycles. The highest BCUT2D eigenvalue weighted by atomic mass is 16.7. The van der Waals surface area contributed by atoms with Gasteiger partial charge in [0.2, 0.25) is 0 Å². The first kappa shape index (κ1) is 44.3.